The lowest BCUT2D eigenvalue weighted by atomic mass is 10.1. The van der Waals surface area contributed by atoms with Gasteiger partial charge in [0.2, 0.25) is 0 Å². The van der Waals surface area contributed by atoms with Crippen LogP contribution in [-0.4, -0.2) is 22.7 Å². The van der Waals surface area contributed by atoms with Crippen LogP contribution in [0, 0.1) is 11.3 Å². The lowest BCUT2D eigenvalue weighted by molar-refractivity contribution is 0.689. The molecule has 118 valence electrons. The van der Waals surface area contributed by atoms with E-state index in [0.29, 0.717) is 0 Å². The van der Waals surface area contributed by atoms with Crippen molar-refractivity contribution in [3.05, 3.63) is 50.2 Å². The van der Waals surface area contributed by atoms with E-state index in [1.165, 1.54) is 11.6 Å². The molecule has 0 bridgehead atoms. The van der Waals surface area contributed by atoms with Crippen LogP contribution >= 0.6 is 0 Å². The van der Waals surface area contributed by atoms with Gasteiger partial charge in [0.15, 0.2) is 5.56 Å². The van der Waals surface area contributed by atoms with Crippen molar-refractivity contribution in [3.8, 4) is 6.07 Å². The van der Waals surface area contributed by atoms with Crippen molar-refractivity contribution in [3.63, 3.8) is 0 Å². The van der Waals surface area contributed by atoms with Crippen molar-refractivity contribution in [1.29, 1.82) is 5.26 Å². The number of anilines is 3. The molecule has 2 aromatic rings. The molecule has 0 unspecified atom stereocenters. The first-order valence-corrected chi connectivity index (χ1v) is 7.26. The van der Waals surface area contributed by atoms with Gasteiger partial charge in [-0.3, -0.25) is 13.9 Å². The summed E-state index contributed by atoms with van der Waals surface area (Å²) in [6, 6.07) is 7.73. The number of nitrogens with zero attached hydrogens (tertiary/aromatic N) is 4. The Morgan fingerprint density at radius 2 is 1.91 bits per heavy atom. The van der Waals surface area contributed by atoms with E-state index in [4.69, 9.17) is 0 Å². The minimum Gasteiger partial charge on any atom is -0.374 e. The molecule has 0 atom stereocenters. The molecule has 0 radical (unpaired) electrons. The molecule has 0 saturated carbocycles. The Morgan fingerprint density at radius 3 is 2.61 bits per heavy atom. The van der Waals surface area contributed by atoms with E-state index in [0.717, 1.165) is 34.5 Å². The summed E-state index contributed by atoms with van der Waals surface area (Å²) in [5, 5.41) is 12.4. The van der Waals surface area contributed by atoms with Crippen molar-refractivity contribution in [1.82, 2.24) is 9.13 Å². The zero-order chi connectivity index (χ0) is 16.7. The van der Waals surface area contributed by atoms with Crippen LogP contribution in [0.25, 0.3) is 0 Å². The van der Waals surface area contributed by atoms with E-state index in [9.17, 15) is 14.9 Å². The predicted molar refractivity (Wildman–Crippen MR) is 88.3 cm³/mol. The molecule has 3 rings (SSSR count). The van der Waals surface area contributed by atoms with Gasteiger partial charge in [0.25, 0.3) is 5.56 Å². The van der Waals surface area contributed by atoms with Crippen LogP contribution in [0.15, 0.2) is 27.8 Å². The second-order valence-corrected chi connectivity index (χ2v) is 5.64. The number of hydrogen-bond donors (Lipinski definition) is 1. The fourth-order valence-electron chi connectivity index (χ4n) is 2.93. The Kier molecular flexibility index (Phi) is 3.45. The van der Waals surface area contributed by atoms with E-state index in [2.05, 4.69) is 10.2 Å². The number of likely N-dealkylation sites (N-methyl/N-ethyl adjacent to an activating group) is 1. The van der Waals surface area contributed by atoms with Crippen LogP contribution < -0.4 is 21.5 Å². The highest BCUT2D eigenvalue weighted by Gasteiger charge is 2.21. The van der Waals surface area contributed by atoms with Crippen LogP contribution in [0.1, 0.15) is 11.1 Å². The van der Waals surface area contributed by atoms with Crippen LogP contribution in [0.2, 0.25) is 0 Å². The third-order valence-electron chi connectivity index (χ3n) is 4.29. The molecule has 1 aromatic heterocycles. The molecule has 0 aliphatic carbocycles. The summed E-state index contributed by atoms with van der Waals surface area (Å²) in [4.78, 5) is 26.4. The van der Waals surface area contributed by atoms with E-state index in [-0.39, 0.29) is 11.4 Å². The van der Waals surface area contributed by atoms with Crippen molar-refractivity contribution in [2.24, 2.45) is 14.1 Å². The maximum Gasteiger partial charge on any atom is 0.332 e. The van der Waals surface area contributed by atoms with Crippen LogP contribution in [0.5, 0.6) is 0 Å². The van der Waals surface area contributed by atoms with Gasteiger partial charge in [0.1, 0.15) is 11.9 Å². The van der Waals surface area contributed by atoms with E-state index < -0.39 is 11.2 Å². The number of nitriles is 1. The summed E-state index contributed by atoms with van der Waals surface area (Å²) in [6.45, 7) is 0.911. The molecule has 1 aliphatic heterocycles. The van der Waals surface area contributed by atoms with E-state index >= 15 is 0 Å². The molecule has 1 aromatic carbocycles. The Labute approximate surface area is 133 Å². The minimum absolute atomic E-state index is 0.0708. The van der Waals surface area contributed by atoms with Gasteiger partial charge in [0.05, 0.1) is 0 Å². The summed E-state index contributed by atoms with van der Waals surface area (Å²) in [7, 11) is 4.93. The van der Waals surface area contributed by atoms with Crippen molar-refractivity contribution < 1.29 is 0 Å². The van der Waals surface area contributed by atoms with Gasteiger partial charge in [-0.25, -0.2) is 4.79 Å². The molecule has 0 fully saturated rings. The monoisotopic (exact) mass is 311 g/mol. The molecule has 1 aliphatic rings. The SMILES string of the molecule is CN1CCc2c(Nc3c(C#N)c(=O)n(C)c(=O)n3C)cccc21. The number of nitrogens with one attached hydrogen (secondary N) is 1. The summed E-state index contributed by atoms with van der Waals surface area (Å²) in [5.41, 5.74) is 1.91. The molecule has 7 nitrogen and oxygen atoms in total. The Balaban J connectivity index is 2.19. The average Bonchev–Trinajstić information content (AvgIpc) is 2.93. The zero-order valence-electron chi connectivity index (χ0n) is 13.3. The average molecular weight is 311 g/mol. The van der Waals surface area contributed by atoms with Gasteiger partial charge in [0, 0.05) is 44.6 Å². The standard InChI is InChI=1S/C16H17N5O2/c1-19-8-7-10-12(5-4-6-13(10)19)18-14-11(9-17)15(22)21(3)16(23)20(14)2/h4-6,18H,7-8H2,1-3H3. The first-order valence-electron chi connectivity index (χ1n) is 7.26. The first kappa shape index (κ1) is 14.9. The van der Waals surface area contributed by atoms with Crippen LogP contribution in [0.4, 0.5) is 17.2 Å². The Hall–Kier alpha value is -3.01. The third kappa shape index (κ3) is 2.19. The maximum absolute atomic E-state index is 12.1. The van der Waals surface area contributed by atoms with Crippen molar-refractivity contribution in [2.45, 2.75) is 6.42 Å². The van der Waals surface area contributed by atoms with Gasteiger partial charge in [-0.05, 0) is 18.6 Å². The largest absolute Gasteiger partial charge is 0.374 e. The summed E-state index contributed by atoms with van der Waals surface area (Å²) in [5.74, 6) is 0.226. The molecule has 0 spiro atoms. The maximum atomic E-state index is 12.1. The first-order chi connectivity index (χ1) is 11.0. The highest BCUT2D eigenvalue weighted by atomic mass is 16.2. The summed E-state index contributed by atoms with van der Waals surface area (Å²) in [6.07, 6.45) is 0.871. The second-order valence-electron chi connectivity index (χ2n) is 5.64. The lowest BCUT2D eigenvalue weighted by Crippen LogP contribution is -2.39. The lowest BCUT2D eigenvalue weighted by Gasteiger charge is -2.17. The van der Waals surface area contributed by atoms with Gasteiger partial charge in [-0.2, -0.15) is 5.26 Å². The fourth-order valence-corrected chi connectivity index (χ4v) is 2.93. The zero-order valence-corrected chi connectivity index (χ0v) is 13.3. The van der Waals surface area contributed by atoms with Gasteiger partial charge >= 0.3 is 5.69 Å². The fraction of sp³-hybridized carbons (Fsp3) is 0.312. The molecule has 7 heteroatoms. The minimum atomic E-state index is -0.595. The van der Waals surface area contributed by atoms with E-state index in [1.54, 1.807) is 7.05 Å². The summed E-state index contributed by atoms with van der Waals surface area (Å²) < 4.78 is 2.23. The number of benzene rings is 1. The molecule has 0 saturated heterocycles. The summed E-state index contributed by atoms with van der Waals surface area (Å²) >= 11 is 0. The van der Waals surface area contributed by atoms with Crippen LogP contribution in [-0.2, 0) is 20.5 Å². The molecule has 0 amide bonds. The van der Waals surface area contributed by atoms with Crippen molar-refractivity contribution in [2.75, 3.05) is 23.8 Å². The molecule has 1 N–H and O–H groups in total. The molecule has 2 heterocycles. The number of fused-ring (bicyclic) bond motifs is 1. The van der Waals surface area contributed by atoms with Gasteiger partial charge in [-0.1, -0.05) is 6.07 Å². The van der Waals surface area contributed by atoms with Gasteiger partial charge < -0.3 is 10.2 Å². The normalized spacial score (nSPS) is 12.9. The number of hydrogen-bond acceptors (Lipinski definition) is 5. The Morgan fingerprint density at radius 1 is 1.17 bits per heavy atom. The van der Waals surface area contributed by atoms with Gasteiger partial charge in [-0.15, -0.1) is 0 Å². The highest BCUT2D eigenvalue weighted by molar-refractivity contribution is 5.74. The number of rotatable bonds is 2. The van der Waals surface area contributed by atoms with Crippen LogP contribution in [0.3, 0.4) is 0 Å². The molecular weight excluding hydrogens is 294 g/mol. The molecular formula is C16H17N5O2. The smallest absolute Gasteiger partial charge is 0.332 e. The quantitative estimate of drug-likeness (QED) is 0.882. The topological polar surface area (TPSA) is 83.1 Å². The number of aromatic nitrogens is 2. The molecule has 23 heavy (non-hydrogen) atoms. The highest BCUT2D eigenvalue weighted by Crippen LogP contribution is 2.34. The third-order valence-corrected chi connectivity index (χ3v) is 4.29. The van der Waals surface area contributed by atoms with E-state index in [1.807, 2.05) is 31.3 Å². The Bertz CT molecular complexity index is 949. The van der Waals surface area contributed by atoms with Crippen molar-refractivity contribution >= 4 is 17.2 Å². The second kappa shape index (κ2) is 5.32. The predicted octanol–water partition coefficient (Wildman–Crippen LogP) is 0.692.